The zero-order chi connectivity index (χ0) is 11.4. The number of hydrogen-bond acceptors (Lipinski definition) is 5. The third-order valence-electron chi connectivity index (χ3n) is 2.09. The van der Waals surface area contributed by atoms with Crippen LogP contribution in [-0.4, -0.2) is 28.5 Å². The molecule has 1 aromatic carbocycles. The van der Waals surface area contributed by atoms with Crippen LogP contribution in [0.2, 0.25) is 0 Å². The van der Waals surface area contributed by atoms with E-state index in [1.54, 1.807) is 13.3 Å². The first kappa shape index (κ1) is 10.9. The lowest BCUT2D eigenvalue weighted by molar-refractivity contribution is 0.415. The van der Waals surface area contributed by atoms with Gasteiger partial charge in [0.25, 0.3) is 0 Å². The second-order valence-corrected chi connectivity index (χ2v) is 3.83. The van der Waals surface area contributed by atoms with Crippen molar-refractivity contribution in [2.75, 3.05) is 13.4 Å². The van der Waals surface area contributed by atoms with Crippen molar-refractivity contribution in [1.82, 2.24) is 15.2 Å². The second kappa shape index (κ2) is 4.94. The molecule has 0 amide bonds. The quantitative estimate of drug-likeness (QED) is 0.761. The van der Waals surface area contributed by atoms with Crippen molar-refractivity contribution >= 4 is 11.8 Å². The Morgan fingerprint density at radius 2 is 2.19 bits per heavy atom. The Bertz CT molecular complexity index is 445. The number of benzene rings is 1. The van der Waals surface area contributed by atoms with E-state index in [4.69, 9.17) is 4.74 Å². The van der Waals surface area contributed by atoms with Gasteiger partial charge in [0.1, 0.15) is 5.75 Å². The molecule has 0 spiro atoms. The lowest BCUT2D eigenvalue weighted by atomic mass is 10.1. The van der Waals surface area contributed by atoms with Gasteiger partial charge in [-0.2, -0.15) is 5.10 Å². The minimum atomic E-state index is 0.667. The predicted molar refractivity (Wildman–Crippen MR) is 63.6 cm³/mol. The minimum absolute atomic E-state index is 0.667. The maximum absolute atomic E-state index is 5.16. The maximum Gasteiger partial charge on any atom is 0.209 e. The van der Waals surface area contributed by atoms with Crippen LogP contribution < -0.4 is 4.74 Å². The highest BCUT2D eigenvalue weighted by molar-refractivity contribution is 7.98. The smallest absolute Gasteiger partial charge is 0.209 e. The number of nitrogens with zero attached hydrogens (tertiary/aromatic N) is 3. The van der Waals surface area contributed by atoms with Crippen LogP contribution in [0.25, 0.3) is 11.3 Å². The Morgan fingerprint density at radius 3 is 2.94 bits per heavy atom. The van der Waals surface area contributed by atoms with Gasteiger partial charge in [-0.05, 0) is 18.4 Å². The van der Waals surface area contributed by atoms with E-state index in [0.29, 0.717) is 5.16 Å². The van der Waals surface area contributed by atoms with Crippen molar-refractivity contribution in [3.05, 3.63) is 30.5 Å². The summed E-state index contributed by atoms with van der Waals surface area (Å²) in [5.41, 5.74) is 1.78. The summed E-state index contributed by atoms with van der Waals surface area (Å²) in [6, 6.07) is 7.72. The molecule has 4 nitrogen and oxygen atoms in total. The molecular weight excluding hydrogens is 222 g/mol. The highest BCUT2D eigenvalue weighted by Gasteiger charge is 2.03. The molecule has 0 saturated heterocycles. The fourth-order valence-corrected chi connectivity index (χ4v) is 1.61. The van der Waals surface area contributed by atoms with Crippen LogP contribution in [0, 0.1) is 0 Å². The van der Waals surface area contributed by atoms with Gasteiger partial charge in [-0.15, -0.1) is 5.10 Å². The molecule has 0 bridgehead atoms. The van der Waals surface area contributed by atoms with Gasteiger partial charge >= 0.3 is 0 Å². The van der Waals surface area contributed by atoms with Crippen LogP contribution in [0.15, 0.2) is 35.6 Å². The van der Waals surface area contributed by atoms with Crippen molar-refractivity contribution in [2.24, 2.45) is 0 Å². The Labute approximate surface area is 98.1 Å². The van der Waals surface area contributed by atoms with Gasteiger partial charge < -0.3 is 4.74 Å². The third kappa shape index (κ3) is 2.30. The van der Waals surface area contributed by atoms with E-state index in [0.717, 1.165) is 17.0 Å². The molecule has 82 valence electrons. The van der Waals surface area contributed by atoms with Crippen molar-refractivity contribution < 1.29 is 4.74 Å². The van der Waals surface area contributed by atoms with Crippen LogP contribution in [0.3, 0.4) is 0 Å². The standard InChI is InChI=1S/C11H11N3OS/c1-15-9-5-3-4-8(6-9)10-7-12-14-11(13-10)16-2/h3-7H,1-2H3. The molecular formula is C11H11N3OS. The first-order valence-corrected chi connectivity index (χ1v) is 5.94. The molecule has 0 aliphatic carbocycles. The molecule has 1 heterocycles. The van der Waals surface area contributed by atoms with Crippen molar-refractivity contribution in [2.45, 2.75) is 5.16 Å². The molecule has 16 heavy (non-hydrogen) atoms. The zero-order valence-electron chi connectivity index (χ0n) is 9.04. The van der Waals surface area contributed by atoms with Crippen molar-refractivity contribution in [3.8, 4) is 17.0 Å². The molecule has 1 aromatic heterocycles. The fourth-order valence-electron chi connectivity index (χ4n) is 1.30. The second-order valence-electron chi connectivity index (χ2n) is 3.06. The summed E-state index contributed by atoms with van der Waals surface area (Å²) in [6.07, 6.45) is 3.57. The van der Waals surface area contributed by atoms with Gasteiger partial charge in [-0.3, -0.25) is 0 Å². The maximum atomic E-state index is 5.16. The van der Waals surface area contributed by atoms with Crippen LogP contribution >= 0.6 is 11.8 Å². The molecule has 0 atom stereocenters. The summed E-state index contributed by atoms with van der Waals surface area (Å²) in [4.78, 5) is 4.37. The molecule has 0 saturated carbocycles. The van der Waals surface area contributed by atoms with Crippen molar-refractivity contribution in [3.63, 3.8) is 0 Å². The molecule has 0 fully saturated rings. The topological polar surface area (TPSA) is 47.9 Å². The highest BCUT2D eigenvalue weighted by atomic mass is 32.2. The predicted octanol–water partition coefficient (Wildman–Crippen LogP) is 2.27. The van der Waals surface area contributed by atoms with Crippen molar-refractivity contribution in [1.29, 1.82) is 0 Å². The van der Waals surface area contributed by atoms with Gasteiger partial charge in [0.05, 0.1) is 19.0 Å². The van der Waals surface area contributed by atoms with E-state index in [1.165, 1.54) is 11.8 Å². The average Bonchev–Trinajstić information content (AvgIpc) is 2.39. The molecule has 0 N–H and O–H groups in total. The summed E-state index contributed by atoms with van der Waals surface area (Å²) in [5, 5.41) is 8.48. The van der Waals surface area contributed by atoms with Crippen LogP contribution in [0.4, 0.5) is 0 Å². The van der Waals surface area contributed by atoms with Crippen LogP contribution in [0.5, 0.6) is 5.75 Å². The Hall–Kier alpha value is -1.62. The third-order valence-corrected chi connectivity index (χ3v) is 2.63. The molecule has 0 unspecified atom stereocenters. The van der Waals surface area contributed by atoms with Gasteiger partial charge in [0.2, 0.25) is 5.16 Å². The van der Waals surface area contributed by atoms with Gasteiger partial charge in [0, 0.05) is 5.56 Å². The lowest BCUT2D eigenvalue weighted by Gasteiger charge is -2.03. The molecule has 0 aliphatic heterocycles. The number of aromatic nitrogens is 3. The van der Waals surface area contributed by atoms with Gasteiger partial charge in [-0.25, -0.2) is 4.98 Å². The largest absolute Gasteiger partial charge is 0.497 e. The molecule has 0 aliphatic rings. The van der Waals surface area contributed by atoms with E-state index >= 15 is 0 Å². The van der Waals surface area contributed by atoms with Gasteiger partial charge in [-0.1, -0.05) is 23.9 Å². The number of methoxy groups -OCH3 is 1. The minimum Gasteiger partial charge on any atom is -0.497 e. The summed E-state index contributed by atoms with van der Waals surface area (Å²) < 4.78 is 5.16. The summed E-state index contributed by atoms with van der Waals surface area (Å²) in [7, 11) is 1.64. The van der Waals surface area contributed by atoms with Crippen LogP contribution in [-0.2, 0) is 0 Å². The first-order valence-electron chi connectivity index (χ1n) is 4.71. The van der Waals surface area contributed by atoms with E-state index in [-0.39, 0.29) is 0 Å². The van der Waals surface area contributed by atoms with Crippen LogP contribution in [0.1, 0.15) is 0 Å². The number of thioether (sulfide) groups is 1. The lowest BCUT2D eigenvalue weighted by Crippen LogP contribution is -1.93. The summed E-state index contributed by atoms with van der Waals surface area (Å²) in [5.74, 6) is 0.807. The monoisotopic (exact) mass is 233 g/mol. The average molecular weight is 233 g/mol. The number of rotatable bonds is 3. The Morgan fingerprint density at radius 1 is 1.31 bits per heavy atom. The molecule has 0 radical (unpaired) electrons. The summed E-state index contributed by atoms with van der Waals surface area (Å²) >= 11 is 1.47. The Kier molecular flexibility index (Phi) is 3.36. The first-order chi connectivity index (χ1) is 7.83. The number of ether oxygens (including phenoxy) is 1. The Balaban J connectivity index is 2.41. The molecule has 2 aromatic rings. The SMILES string of the molecule is COc1cccc(-c2cnnc(SC)n2)c1. The van der Waals surface area contributed by atoms with E-state index in [9.17, 15) is 0 Å². The van der Waals surface area contributed by atoms with Gasteiger partial charge in [0.15, 0.2) is 0 Å². The fraction of sp³-hybridized carbons (Fsp3) is 0.182. The van der Waals surface area contributed by atoms with E-state index in [2.05, 4.69) is 15.2 Å². The molecule has 5 heteroatoms. The zero-order valence-corrected chi connectivity index (χ0v) is 9.86. The van der Waals surface area contributed by atoms with E-state index < -0.39 is 0 Å². The number of hydrogen-bond donors (Lipinski definition) is 0. The molecule has 2 rings (SSSR count). The van der Waals surface area contributed by atoms with E-state index in [1.807, 2.05) is 30.5 Å². The highest BCUT2D eigenvalue weighted by Crippen LogP contribution is 2.22. The normalized spacial score (nSPS) is 10.1. The summed E-state index contributed by atoms with van der Waals surface area (Å²) in [6.45, 7) is 0.